The summed E-state index contributed by atoms with van der Waals surface area (Å²) in [4.78, 5) is 32.5. The van der Waals surface area contributed by atoms with Gasteiger partial charge in [0, 0.05) is 86.9 Å². The van der Waals surface area contributed by atoms with Crippen molar-refractivity contribution in [3.8, 4) is 23.3 Å². The molecule has 67 heavy (non-hydrogen) atoms. The Bertz CT molecular complexity index is 2430. The maximum atomic E-state index is 16.3. The van der Waals surface area contributed by atoms with E-state index in [0.29, 0.717) is 66.1 Å². The second kappa shape index (κ2) is 18.3. The highest BCUT2D eigenvalue weighted by Crippen LogP contribution is 2.56. The molecule has 358 valence electrons. The average Bonchev–Trinajstić information content (AvgIpc) is 3.79. The van der Waals surface area contributed by atoms with Gasteiger partial charge in [-0.15, -0.1) is 0 Å². The first-order valence-corrected chi connectivity index (χ1v) is 24.0. The number of rotatable bonds is 12. The van der Waals surface area contributed by atoms with Crippen LogP contribution < -0.4 is 35.6 Å². The minimum atomic E-state index is -1.12. The lowest BCUT2D eigenvalue weighted by atomic mass is 9.49. The molecule has 0 bridgehead atoms. The lowest BCUT2D eigenvalue weighted by molar-refractivity contribution is -0.174. The van der Waals surface area contributed by atoms with Gasteiger partial charge in [0.25, 0.3) is 0 Å². The number of benzene rings is 3. The molecule has 4 saturated heterocycles. The van der Waals surface area contributed by atoms with Gasteiger partial charge in [-0.25, -0.2) is 4.39 Å². The van der Waals surface area contributed by atoms with Crippen molar-refractivity contribution in [2.75, 3.05) is 57.8 Å². The summed E-state index contributed by atoms with van der Waals surface area (Å²) in [5, 5.41) is 34.3. The quantitative estimate of drug-likeness (QED) is 0.146. The van der Waals surface area contributed by atoms with Gasteiger partial charge in [-0.2, -0.15) is 5.26 Å². The number of anilines is 1. The maximum absolute atomic E-state index is 16.3. The zero-order valence-corrected chi connectivity index (χ0v) is 40.3. The van der Waals surface area contributed by atoms with Crippen LogP contribution in [-0.4, -0.2) is 116 Å². The largest absolute Gasteiger partial charge is 0.489 e. The van der Waals surface area contributed by atoms with Crippen LogP contribution in [0.15, 0.2) is 60.8 Å². The number of carbonyl (C=O) groups excluding carboxylic acids is 2. The Hall–Kier alpha value is -4.79. The lowest BCUT2D eigenvalue weighted by Gasteiger charge is -2.63. The molecular formula is C51H64ClFN8O6. The van der Waals surface area contributed by atoms with Crippen molar-refractivity contribution in [2.24, 2.45) is 22.7 Å². The fraction of sp³-hybridized carbons (Fsp3) is 0.549. The first-order chi connectivity index (χ1) is 31.8. The SMILES string of the molecule is CN1C=C(c2cc(C(C)(C)O)ccc2Oc2cccc(N3CC(OC4CCN(C5NCC(C(=O)NC6C(C)(C)C(Oc7ccc(C#N)c(Cl)c7)C6(C)C)CN5)CC4)C3)c2F)C2CCNC2C1=O. The van der Waals surface area contributed by atoms with Gasteiger partial charge in [0.1, 0.15) is 30.0 Å². The number of nitrogens with zero attached hydrogens (tertiary/aromatic N) is 4. The van der Waals surface area contributed by atoms with Gasteiger partial charge in [-0.3, -0.25) is 25.1 Å². The number of nitrogens with one attached hydrogen (secondary N) is 4. The minimum absolute atomic E-state index is 0.00975. The smallest absolute Gasteiger partial charge is 0.244 e. The van der Waals surface area contributed by atoms with E-state index in [1.165, 1.54) is 0 Å². The van der Waals surface area contributed by atoms with E-state index in [-0.39, 0.29) is 76.9 Å². The van der Waals surface area contributed by atoms with Crippen molar-refractivity contribution >= 4 is 34.7 Å². The van der Waals surface area contributed by atoms with Crippen molar-refractivity contribution in [1.29, 1.82) is 5.26 Å². The summed E-state index contributed by atoms with van der Waals surface area (Å²) < 4.78 is 35.7. The van der Waals surface area contributed by atoms with Gasteiger partial charge >= 0.3 is 0 Å². The number of aliphatic hydroxyl groups is 1. The summed E-state index contributed by atoms with van der Waals surface area (Å²) in [5.74, 6) is 0.426. The molecule has 16 heteroatoms. The number of hydrogen-bond acceptors (Lipinski definition) is 12. The normalized spacial score (nSPS) is 27.6. The predicted octanol–water partition coefficient (Wildman–Crippen LogP) is 5.92. The molecule has 9 rings (SSSR count). The van der Waals surface area contributed by atoms with Crippen LogP contribution in [0.4, 0.5) is 10.1 Å². The van der Waals surface area contributed by atoms with Gasteiger partial charge in [-0.1, -0.05) is 51.4 Å². The van der Waals surface area contributed by atoms with Crippen LogP contribution in [0.25, 0.3) is 5.57 Å². The number of ether oxygens (including phenoxy) is 3. The van der Waals surface area contributed by atoms with Crippen molar-refractivity contribution in [3.05, 3.63) is 88.3 Å². The molecule has 5 N–H and O–H groups in total. The number of amides is 2. The first kappa shape index (κ1) is 47.3. The van der Waals surface area contributed by atoms with Gasteiger partial charge in [0.15, 0.2) is 11.6 Å². The van der Waals surface area contributed by atoms with Gasteiger partial charge < -0.3 is 39.8 Å². The molecule has 3 aromatic rings. The molecule has 2 amide bonds. The standard InChI is InChI=1S/C51H64ClFN8O6/c1-49(2)46(50(3,4)47(49)66-33-13-11-29(23-54)38(52)22-33)58-44(62)30-24-56-48(57-25-30)60-19-16-32(17-20-60)65-34-26-61(27-34)39-9-8-10-41(42(39)53)67-40-14-12-31(51(5,6)64)21-36(40)37-28-59(7)45(63)43-35(37)15-18-55-43/h8-14,21-22,28,30,32,34-35,43,46-48,55-57,64H,15-20,24-27H2,1-7H3,(H,58,62). The molecule has 14 nitrogen and oxygen atoms in total. The summed E-state index contributed by atoms with van der Waals surface area (Å²) in [5.41, 5.74) is 1.38. The van der Waals surface area contributed by atoms with Gasteiger partial charge in [0.2, 0.25) is 11.8 Å². The van der Waals surface area contributed by atoms with E-state index < -0.39 is 11.4 Å². The van der Waals surface area contributed by atoms with E-state index in [2.05, 4.69) is 59.9 Å². The Morgan fingerprint density at radius 3 is 2.36 bits per heavy atom. The highest BCUT2D eigenvalue weighted by atomic mass is 35.5. The third-order valence-electron chi connectivity index (χ3n) is 15.1. The average molecular weight is 940 g/mol. The summed E-state index contributed by atoms with van der Waals surface area (Å²) in [6.07, 6.45) is 4.23. The predicted molar refractivity (Wildman–Crippen MR) is 254 cm³/mol. The number of hydrogen-bond donors (Lipinski definition) is 5. The van der Waals surface area contributed by atoms with Crippen LogP contribution in [0.2, 0.25) is 5.02 Å². The number of halogens is 2. The topological polar surface area (TPSA) is 164 Å². The van der Waals surface area contributed by atoms with Crippen molar-refractivity contribution < 1.29 is 33.3 Å². The first-order valence-electron chi connectivity index (χ1n) is 23.7. The molecule has 2 unspecified atom stereocenters. The molecule has 2 atom stereocenters. The Kier molecular flexibility index (Phi) is 12.9. The Morgan fingerprint density at radius 2 is 1.69 bits per heavy atom. The van der Waals surface area contributed by atoms with E-state index in [9.17, 15) is 20.0 Å². The van der Waals surface area contributed by atoms with Crippen LogP contribution in [0, 0.1) is 39.8 Å². The highest BCUT2D eigenvalue weighted by Gasteiger charge is 2.64. The van der Waals surface area contributed by atoms with E-state index in [1.807, 2.05) is 17.2 Å². The van der Waals surface area contributed by atoms with E-state index >= 15 is 4.39 Å². The van der Waals surface area contributed by atoms with Crippen molar-refractivity contribution in [3.63, 3.8) is 0 Å². The van der Waals surface area contributed by atoms with Crippen LogP contribution in [0.1, 0.15) is 77.5 Å². The minimum Gasteiger partial charge on any atom is -0.489 e. The van der Waals surface area contributed by atoms with Crippen LogP contribution in [-0.2, 0) is 19.9 Å². The Morgan fingerprint density at radius 1 is 0.970 bits per heavy atom. The monoisotopic (exact) mass is 938 g/mol. The Labute approximate surface area is 398 Å². The molecule has 0 aromatic heterocycles. The number of fused-ring (bicyclic) bond motifs is 1. The molecule has 0 radical (unpaired) electrons. The Balaban J connectivity index is 0.740. The molecule has 1 aliphatic carbocycles. The number of piperidine rings is 1. The number of carbonyl (C=O) groups is 2. The molecular weight excluding hydrogens is 875 g/mol. The molecule has 0 spiro atoms. The summed E-state index contributed by atoms with van der Waals surface area (Å²) >= 11 is 6.27. The zero-order chi connectivity index (χ0) is 47.6. The summed E-state index contributed by atoms with van der Waals surface area (Å²) in [6, 6.07) is 17.4. The second-order valence-corrected chi connectivity index (χ2v) is 21.4. The fourth-order valence-corrected chi connectivity index (χ4v) is 11.7. The third-order valence-corrected chi connectivity index (χ3v) is 15.4. The van der Waals surface area contributed by atoms with Crippen LogP contribution in [0.5, 0.6) is 17.2 Å². The van der Waals surface area contributed by atoms with Crippen molar-refractivity contribution in [2.45, 2.75) is 103 Å². The zero-order valence-electron chi connectivity index (χ0n) is 39.5. The van der Waals surface area contributed by atoms with E-state index in [1.54, 1.807) is 74.3 Å². The molecule has 6 aliphatic rings. The molecule has 5 heterocycles. The molecule has 1 saturated carbocycles. The summed E-state index contributed by atoms with van der Waals surface area (Å²) in [6.45, 7) is 16.5. The van der Waals surface area contributed by atoms with Crippen molar-refractivity contribution in [1.82, 2.24) is 31.1 Å². The van der Waals surface area contributed by atoms with Crippen LogP contribution in [0.3, 0.4) is 0 Å². The molecule has 5 fully saturated rings. The third kappa shape index (κ3) is 9.14. The number of nitriles is 1. The summed E-state index contributed by atoms with van der Waals surface area (Å²) in [7, 11) is 1.74. The van der Waals surface area contributed by atoms with E-state index in [4.69, 9.17) is 25.8 Å². The van der Waals surface area contributed by atoms with Crippen LogP contribution >= 0.6 is 11.6 Å². The van der Waals surface area contributed by atoms with E-state index in [0.717, 1.165) is 43.5 Å². The number of likely N-dealkylation sites (tertiary alicyclic amines) is 1. The van der Waals surface area contributed by atoms with Gasteiger partial charge in [0.05, 0.1) is 46.0 Å². The highest BCUT2D eigenvalue weighted by molar-refractivity contribution is 6.31. The molecule has 3 aromatic carbocycles. The lowest BCUT2D eigenvalue weighted by Crippen LogP contribution is -2.75. The second-order valence-electron chi connectivity index (χ2n) is 21.0. The van der Waals surface area contributed by atoms with Gasteiger partial charge in [-0.05, 0) is 87.2 Å². The fourth-order valence-electron chi connectivity index (χ4n) is 11.5. The maximum Gasteiger partial charge on any atom is 0.244 e. The number of likely N-dealkylation sites (N-methyl/N-ethyl adjacent to an activating group) is 1. The molecule has 5 aliphatic heterocycles.